The van der Waals surface area contributed by atoms with E-state index in [9.17, 15) is 224 Å². The molecule has 0 saturated heterocycles. The highest BCUT2D eigenvalue weighted by Gasteiger charge is 2.98. The average molecular weight is 1550 g/mol. The Kier molecular flexibility index (Phi) is 23.7. The first kappa shape index (κ1) is 87.7. The molecule has 0 fully saturated rings. The van der Waals surface area contributed by atoms with Crippen molar-refractivity contribution in [1.82, 2.24) is 0 Å². The van der Waals surface area contributed by atoms with Gasteiger partial charge in [0.1, 0.15) is 0 Å². The SMILES string of the molecule is FC(F)(F)C(F)(F)C(F)(F)C(F)(F)C(F)(F)C(F)(F)C(F)(F)C(F)(F)CCSCc1cc(CSCCC(F)(F)C(F)(F)C(F)(F)C(F)(F)C(F)(F)C(F)(F)C(F)(F)C(F)(F)F)cc(CSCCC(F)(F)C(F)(F)C(F)(F)C(F)(F)C(F)(F)C(F)(F)C(F)(F)C(F)(F)F)c1. The first-order valence-corrected chi connectivity index (χ1v) is 25.4. The highest BCUT2D eigenvalue weighted by molar-refractivity contribution is 7.99. The molecule has 54 heteroatoms. The third-order valence-corrected chi connectivity index (χ3v) is 15.1. The summed E-state index contributed by atoms with van der Waals surface area (Å²) < 4.78 is 697. The van der Waals surface area contributed by atoms with Gasteiger partial charge in [0.05, 0.1) is 0 Å². The lowest BCUT2D eigenvalue weighted by atomic mass is 9.88. The minimum Gasteiger partial charge on any atom is -0.200 e. The van der Waals surface area contributed by atoms with E-state index in [2.05, 4.69) is 0 Å². The van der Waals surface area contributed by atoms with Gasteiger partial charge in [0.15, 0.2) is 0 Å². The zero-order valence-electron chi connectivity index (χ0n) is 42.1. The van der Waals surface area contributed by atoms with Crippen molar-refractivity contribution in [2.24, 2.45) is 0 Å². The van der Waals surface area contributed by atoms with Gasteiger partial charge in [0, 0.05) is 36.5 Å². The van der Waals surface area contributed by atoms with Crippen LogP contribution in [0.15, 0.2) is 18.2 Å². The van der Waals surface area contributed by atoms with Crippen LogP contribution in [0, 0.1) is 0 Å². The Morgan fingerprint density at radius 2 is 0.290 bits per heavy atom. The van der Waals surface area contributed by atoms with Gasteiger partial charge in [-0.3, -0.25) is 0 Å². The molecule has 0 radical (unpaired) electrons. The van der Waals surface area contributed by atoms with Crippen LogP contribution in [0.1, 0.15) is 36.0 Å². The lowest BCUT2D eigenvalue weighted by molar-refractivity contribution is -0.461. The zero-order valence-corrected chi connectivity index (χ0v) is 44.5. The van der Waals surface area contributed by atoms with Crippen molar-refractivity contribution in [3.8, 4) is 0 Å². The van der Waals surface area contributed by atoms with E-state index in [1.807, 2.05) is 0 Å². The highest BCUT2D eigenvalue weighted by Crippen LogP contribution is 2.68. The summed E-state index contributed by atoms with van der Waals surface area (Å²) in [6.07, 6.45) is -34.2. The Labute approximate surface area is 490 Å². The fourth-order valence-electron chi connectivity index (χ4n) is 6.32. The standard InChI is InChI=1S/C39H21F51S3/c40-16(41,19(46,47)22(52,53)25(58,59)28(64,65)31(70,71)34(76,77)37(82,83)84)1-4-91-10-13-7-14(11-92-5-2-17(42,43)20(48,49)23(54,55)26(60,61)29(66,67)32(72,73)35(78,79)38(85,86)87)9-15(8-13)12-93-6-3-18(44,45)21(50,51)24(56,57)27(62,63)30(68,69)33(74,75)36(80,81)39(88,89)90/h7-9H,1-6,10-12H2. The number of rotatable bonds is 33. The molecular weight excluding hydrogens is 1530 g/mol. The molecule has 0 aliphatic rings. The Morgan fingerprint density at radius 3 is 0.419 bits per heavy atom. The topological polar surface area (TPSA) is 0 Å². The molecule has 0 heterocycles. The third-order valence-electron chi connectivity index (χ3n) is 12.0. The molecular formula is C39H21F51S3. The summed E-state index contributed by atoms with van der Waals surface area (Å²) in [5.74, 6) is -191. The van der Waals surface area contributed by atoms with E-state index in [0.717, 1.165) is 0 Å². The molecule has 0 amide bonds. The first-order valence-electron chi connectivity index (χ1n) is 22.0. The van der Waals surface area contributed by atoms with E-state index in [1.165, 1.54) is 0 Å². The fourth-order valence-corrected chi connectivity index (χ4v) is 9.16. The van der Waals surface area contributed by atoms with E-state index in [4.69, 9.17) is 0 Å². The lowest BCUT2D eigenvalue weighted by Gasteiger charge is -2.42. The maximum Gasteiger partial charge on any atom is 0.460 e. The smallest absolute Gasteiger partial charge is 0.200 e. The molecule has 0 bridgehead atoms. The number of hydrogen-bond acceptors (Lipinski definition) is 3. The monoisotopic (exact) mass is 1550 g/mol. The van der Waals surface area contributed by atoms with Gasteiger partial charge in [-0.05, 0) is 33.9 Å². The van der Waals surface area contributed by atoms with E-state index >= 15 is 0 Å². The van der Waals surface area contributed by atoms with Crippen LogP contribution in [-0.4, -0.2) is 160 Å². The van der Waals surface area contributed by atoms with Crippen molar-refractivity contribution in [1.29, 1.82) is 0 Å². The molecule has 0 atom stereocenters. The maximum atomic E-state index is 14.5. The Hall–Kier alpha value is -3.30. The molecule has 0 unspecified atom stereocenters. The van der Waals surface area contributed by atoms with Gasteiger partial charge < -0.3 is 0 Å². The molecule has 1 rings (SSSR count). The Bertz CT molecular complexity index is 2390. The predicted octanol–water partition coefficient (Wildman–Crippen LogP) is 21.6. The Balaban J connectivity index is 3.81. The van der Waals surface area contributed by atoms with Gasteiger partial charge in [-0.1, -0.05) is 18.2 Å². The quantitative estimate of drug-likeness (QED) is 0.0509. The van der Waals surface area contributed by atoms with Crippen molar-refractivity contribution in [3.05, 3.63) is 34.9 Å². The summed E-state index contributed by atoms with van der Waals surface area (Å²) in [6.45, 7) is 0. The van der Waals surface area contributed by atoms with Crippen LogP contribution < -0.4 is 0 Å². The second kappa shape index (κ2) is 25.1. The molecule has 552 valence electrons. The lowest BCUT2D eigenvalue weighted by Crippen LogP contribution is -2.74. The van der Waals surface area contributed by atoms with Gasteiger partial charge >= 0.3 is 143 Å². The summed E-state index contributed by atoms with van der Waals surface area (Å²) in [5.41, 5.74) is -2.85. The minimum absolute atomic E-state index is 0.301. The van der Waals surface area contributed by atoms with Crippen molar-refractivity contribution in [2.75, 3.05) is 17.3 Å². The third kappa shape index (κ3) is 13.6. The molecule has 1 aromatic carbocycles. The number of alkyl halides is 51. The first-order chi connectivity index (χ1) is 40.0. The van der Waals surface area contributed by atoms with E-state index in [-0.39, 0.29) is 0 Å². The molecule has 0 spiro atoms. The average Bonchev–Trinajstić information content (AvgIpc) is 0.710. The van der Waals surface area contributed by atoms with Crippen molar-refractivity contribution in [2.45, 2.75) is 179 Å². The molecule has 0 aromatic heterocycles. The number of thioether (sulfide) groups is 3. The number of hydrogen-bond donors (Lipinski definition) is 0. The minimum atomic E-state index is -9.11. The summed E-state index contributed by atoms with van der Waals surface area (Å²) >= 11 is -1.76. The molecule has 0 saturated carbocycles. The van der Waals surface area contributed by atoms with Gasteiger partial charge in [0.2, 0.25) is 0 Å². The second-order valence-electron chi connectivity index (χ2n) is 18.5. The molecule has 0 aliphatic carbocycles. The number of benzene rings is 1. The molecule has 0 aliphatic heterocycles. The van der Waals surface area contributed by atoms with Gasteiger partial charge in [-0.25, -0.2) is 0 Å². The van der Waals surface area contributed by atoms with Gasteiger partial charge in [0.25, 0.3) is 0 Å². The summed E-state index contributed by atoms with van der Waals surface area (Å²) in [5, 5.41) is 0. The Morgan fingerprint density at radius 1 is 0.172 bits per heavy atom. The van der Waals surface area contributed by atoms with Crippen LogP contribution in [0.2, 0.25) is 0 Å². The summed E-state index contributed by atoms with van der Waals surface area (Å²) in [7, 11) is 0. The van der Waals surface area contributed by atoms with Gasteiger partial charge in [-0.2, -0.15) is 259 Å². The van der Waals surface area contributed by atoms with Crippen LogP contribution in [0.5, 0.6) is 0 Å². The fraction of sp³-hybridized carbons (Fsp3) is 0.846. The van der Waals surface area contributed by atoms with E-state index in [0.29, 0.717) is 18.2 Å². The molecule has 93 heavy (non-hydrogen) atoms. The highest BCUT2D eigenvalue weighted by atomic mass is 32.2. The number of halogens is 51. The summed E-state index contributed by atoms with van der Waals surface area (Å²) in [4.78, 5) is 0. The van der Waals surface area contributed by atoms with Crippen LogP contribution in [0.4, 0.5) is 224 Å². The largest absolute Gasteiger partial charge is 0.460 e. The zero-order chi connectivity index (χ0) is 75.3. The second-order valence-corrected chi connectivity index (χ2v) is 21.8. The normalized spacial score (nSPS) is 16.4. The van der Waals surface area contributed by atoms with Crippen LogP contribution in [0.3, 0.4) is 0 Å². The van der Waals surface area contributed by atoms with E-state index in [1.54, 1.807) is 0 Å². The molecule has 0 nitrogen and oxygen atoms in total. The van der Waals surface area contributed by atoms with Crippen LogP contribution >= 0.6 is 35.3 Å². The van der Waals surface area contributed by atoms with Crippen molar-refractivity contribution >= 4 is 35.3 Å². The molecule has 1 aromatic rings. The van der Waals surface area contributed by atoms with Crippen LogP contribution in [-0.2, 0) is 17.3 Å². The predicted molar refractivity (Wildman–Crippen MR) is 211 cm³/mol. The summed E-state index contributed by atoms with van der Waals surface area (Å²) in [6, 6.07) is 0.904. The van der Waals surface area contributed by atoms with E-state index < -0.39 is 249 Å². The molecule has 0 N–H and O–H groups in total. The van der Waals surface area contributed by atoms with Crippen LogP contribution in [0.25, 0.3) is 0 Å². The van der Waals surface area contributed by atoms with Gasteiger partial charge in [-0.15, -0.1) is 0 Å². The maximum absolute atomic E-state index is 14.5. The van der Waals surface area contributed by atoms with Crippen molar-refractivity contribution < 1.29 is 224 Å². The van der Waals surface area contributed by atoms with Crippen molar-refractivity contribution in [3.63, 3.8) is 0 Å².